The van der Waals surface area contributed by atoms with Crippen LogP contribution in [0.25, 0.3) is 0 Å². The van der Waals surface area contributed by atoms with E-state index in [9.17, 15) is 4.79 Å². The number of hydrogen-bond acceptors (Lipinski definition) is 4. The summed E-state index contributed by atoms with van der Waals surface area (Å²) in [5.41, 5.74) is 2.48. The molecule has 2 aliphatic rings. The van der Waals surface area contributed by atoms with Crippen molar-refractivity contribution in [2.75, 3.05) is 26.7 Å². The summed E-state index contributed by atoms with van der Waals surface area (Å²) in [7, 11) is 2.24. The highest BCUT2D eigenvalue weighted by Gasteiger charge is 2.46. The highest BCUT2D eigenvalue weighted by molar-refractivity contribution is 5.91. The first-order chi connectivity index (χ1) is 13.0. The summed E-state index contributed by atoms with van der Waals surface area (Å²) < 4.78 is 5.30. The van der Waals surface area contributed by atoms with Crippen molar-refractivity contribution in [3.63, 3.8) is 0 Å². The predicted octanol–water partition coefficient (Wildman–Crippen LogP) is 3.89. The molecule has 4 rings (SSSR count). The zero-order valence-electron chi connectivity index (χ0n) is 16.5. The molecule has 0 radical (unpaired) electrons. The second kappa shape index (κ2) is 7.12. The molecule has 144 valence electrons. The van der Waals surface area contributed by atoms with Gasteiger partial charge in [-0.1, -0.05) is 49.3 Å². The molecule has 1 spiro atoms. The lowest BCUT2D eigenvalue weighted by atomic mass is 9.81. The summed E-state index contributed by atoms with van der Waals surface area (Å²) in [4.78, 5) is 17.2. The van der Waals surface area contributed by atoms with Crippen molar-refractivity contribution in [3.8, 4) is 0 Å². The van der Waals surface area contributed by atoms with Gasteiger partial charge >= 0.3 is 0 Å². The van der Waals surface area contributed by atoms with E-state index in [1.165, 1.54) is 12.0 Å². The quantitative estimate of drug-likeness (QED) is 0.826. The van der Waals surface area contributed by atoms with Crippen LogP contribution in [0.2, 0.25) is 0 Å². The van der Waals surface area contributed by atoms with Gasteiger partial charge in [-0.05, 0) is 43.7 Å². The molecular formula is C22H29N3O2. The summed E-state index contributed by atoms with van der Waals surface area (Å²) >= 11 is 0. The molecule has 2 aromatic rings. The average molecular weight is 367 g/mol. The molecule has 0 aliphatic carbocycles. The molecule has 3 heterocycles. The van der Waals surface area contributed by atoms with Crippen LogP contribution in [-0.4, -0.2) is 53.1 Å². The number of piperidine rings is 1. The number of rotatable bonds is 3. The third-order valence-electron chi connectivity index (χ3n) is 6.51. The van der Waals surface area contributed by atoms with Crippen LogP contribution in [-0.2, 0) is 0 Å². The number of hydrogen-bond donors (Lipinski definition) is 0. The molecule has 1 amide bonds. The van der Waals surface area contributed by atoms with Crippen LogP contribution < -0.4 is 0 Å². The van der Waals surface area contributed by atoms with Crippen molar-refractivity contribution >= 4 is 5.91 Å². The molecule has 2 fully saturated rings. The van der Waals surface area contributed by atoms with Gasteiger partial charge in [-0.2, -0.15) is 0 Å². The third kappa shape index (κ3) is 3.41. The Hall–Kier alpha value is -2.14. The largest absolute Gasteiger partial charge is 0.351 e. The molecule has 5 nitrogen and oxygen atoms in total. The smallest absolute Gasteiger partial charge is 0.292 e. The van der Waals surface area contributed by atoms with E-state index in [2.05, 4.69) is 61.3 Å². The summed E-state index contributed by atoms with van der Waals surface area (Å²) in [6, 6.07) is 12.6. The molecule has 2 saturated heterocycles. The van der Waals surface area contributed by atoms with Gasteiger partial charge in [0.1, 0.15) is 0 Å². The average Bonchev–Trinajstić information content (AvgIpc) is 3.29. The molecule has 0 bridgehead atoms. The maximum absolute atomic E-state index is 12.8. The minimum Gasteiger partial charge on any atom is -0.351 e. The van der Waals surface area contributed by atoms with E-state index in [1.54, 1.807) is 6.07 Å². The molecule has 2 aliphatic heterocycles. The highest BCUT2D eigenvalue weighted by atomic mass is 16.5. The number of likely N-dealkylation sites (N-methyl/N-ethyl adjacent to an activating group) is 1. The Kier molecular flexibility index (Phi) is 4.81. The fourth-order valence-electron chi connectivity index (χ4n) is 4.68. The fraction of sp³-hybridized carbons (Fsp3) is 0.545. The van der Waals surface area contributed by atoms with Crippen LogP contribution in [0, 0.1) is 0 Å². The molecule has 1 atom stereocenters. The van der Waals surface area contributed by atoms with Crippen LogP contribution in [0.1, 0.15) is 66.8 Å². The summed E-state index contributed by atoms with van der Waals surface area (Å²) in [5.74, 6) is 1.20. The second-order valence-electron chi connectivity index (χ2n) is 8.48. The van der Waals surface area contributed by atoms with Gasteiger partial charge in [0.25, 0.3) is 5.91 Å². The number of aromatic nitrogens is 1. The topological polar surface area (TPSA) is 49.6 Å². The molecule has 1 unspecified atom stereocenters. The van der Waals surface area contributed by atoms with Crippen LogP contribution in [0.3, 0.4) is 0 Å². The molecule has 0 saturated carbocycles. The minimum absolute atomic E-state index is 0.0236. The van der Waals surface area contributed by atoms with Crippen molar-refractivity contribution < 1.29 is 9.32 Å². The lowest BCUT2D eigenvalue weighted by Gasteiger charge is -2.43. The Morgan fingerprint density at radius 3 is 2.56 bits per heavy atom. The Labute approximate surface area is 161 Å². The van der Waals surface area contributed by atoms with Gasteiger partial charge in [0.05, 0.1) is 5.69 Å². The highest BCUT2D eigenvalue weighted by Crippen LogP contribution is 2.44. The lowest BCUT2D eigenvalue weighted by molar-refractivity contribution is 0.0460. The minimum atomic E-state index is -0.0236. The van der Waals surface area contributed by atoms with Gasteiger partial charge in [-0.25, -0.2) is 0 Å². The van der Waals surface area contributed by atoms with E-state index in [0.29, 0.717) is 11.7 Å². The molecule has 27 heavy (non-hydrogen) atoms. The molecule has 1 aromatic heterocycles. The van der Waals surface area contributed by atoms with Crippen molar-refractivity contribution in [1.82, 2.24) is 15.0 Å². The Balaban J connectivity index is 1.41. The molecular weight excluding hydrogens is 338 g/mol. The van der Waals surface area contributed by atoms with Crippen molar-refractivity contribution in [2.24, 2.45) is 0 Å². The predicted molar refractivity (Wildman–Crippen MR) is 105 cm³/mol. The van der Waals surface area contributed by atoms with Gasteiger partial charge in [0.15, 0.2) is 0 Å². The monoisotopic (exact) mass is 367 g/mol. The summed E-state index contributed by atoms with van der Waals surface area (Å²) in [5, 5.41) is 4.03. The maximum atomic E-state index is 12.8. The number of benzene rings is 1. The molecule has 0 N–H and O–H groups in total. The summed E-state index contributed by atoms with van der Waals surface area (Å²) in [6.45, 7) is 6.76. The first-order valence-corrected chi connectivity index (χ1v) is 10.0. The fourth-order valence-corrected chi connectivity index (χ4v) is 4.68. The van der Waals surface area contributed by atoms with Crippen molar-refractivity contribution in [3.05, 3.63) is 53.4 Å². The SMILES string of the molecule is CC(C)c1cc(C(=O)N2CCC3(CC2)CC(c2ccccc2)CN3C)on1. The van der Waals surface area contributed by atoms with Gasteiger partial charge in [-0.15, -0.1) is 0 Å². The Morgan fingerprint density at radius 2 is 1.93 bits per heavy atom. The number of carbonyl (C=O) groups excluding carboxylic acids is 1. The van der Waals surface area contributed by atoms with Crippen LogP contribution in [0.15, 0.2) is 40.9 Å². The maximum Gasteiger partial charge on any atom is 0.292 e. The van der Waals surface area contributed by atoms with E-state index in [4.69, 9.17) is 4.52 Å². The first-order valence-electron chi connectivity index (χ1n) is 10.0. The van der Waals surface area contributed by atoms with Crippen LogP contribution in [0.5, 0.6) is 0 Å². The lowest BCUT2D eigenvalue weighted by Crippen LogP contribution is -2.51. The summed E-state index contributed by atoms with van der Waals surface area (Å²) in [6.07, 6.45) is 3.21. The number of nitrogens with zero attached hydrogens (tertiary/aromatic N) is 3. The number of amides is 1. The number of carbonyl (C=O) groups is 1. The Morgan fingerprint density at radius 1 is 1.22 bits per heavy atom. The van der Waals surface area contributed by atoms with Gasteiger partial charge < -0.3 is 9.42 Å². The van der Waals surface area contributed by atoms with E-state index in [0.717, 1.165) is 38.2 Å². The molecule has 5 heteroatoms. The zero-order chi connectivity index (χ0) is 19.0. The first kappa shape index (κ1) is 18.2. The van der Waals surface area contributed by atoms with E-state index in [-0.39, 0.29) is 17.4 Å². The van der Waals surface area contributed by atoms with Crippen LogP contribution in [0.4, 0.5) is 0 Å². The van der Waals surface area contributed by atoms with Crippen LogP contribution >= 0.6 is 0 Å². The number of likely N-dealkylation sites (tertiary alicyclic amines) is 2. The van der Waals surface area contributed by atoms with Crippen molar-refractivity contribution in [1.29, 1.82) is 0 Å². The van der Waals surface area contributed by atoms with Crippen molar-refractivity contribution in [2.45, 2.75) is 50.5 Å². The normalized spacial score (nSPS) is 22.7. The van der Waals surface area contributed by atoms with Gasteiger partial charge in [0.2, 0.25) is 5.76 Å². The van der Waals surface area contributed by atoms with E-state index >= 15 is 0 Å². The van der Waals surface area contributed by atoms with E-state index < -0.39 is 0 Å². The second-order valence-corrected chi connectivity index (χ2v) is 8.48. The molecule has 1 aromatic carbocycles. The van der Waals surface area contributed by atoms with Gasteiger partial charge in [-0.3, -0.25) is 9.69 Å². The standard InChI is InChI=1S/C22H29N3O2/c1-16(2)19-13-20(27-23-19)21(26)25-11-9-22(10-12-25)14-18(15-24(22)3)17-7-5-4-6-8-17/h4-8,13,16,18H,9-12,14-15H2,1-3H3. The van der Waals surface area contributed by atoms with Gasteiger partial charge in [0, 0.05) is 31.2 Å². The third-order valence-corrected chi connectivity index (χ3v) is 6.51. The zero-order valence-corrected chi connectivity index (χ0v) is 16.5. The van der Waals surface area contributed by atoms with E-state index in [1.807, 2.05) is 4.90 Å². The Bertz CT molecular complexity index is 791.